The van der Waals surface area contributed by atoms with Gasteiger partial charge in [0.25, 0.3) is 0 Å². The third-order valence-corrected chi connectivity index (χ3v) is 4.68. The topological polar surface area (TPSA) is 55.2 Å². The minimum atomic E-state index is 0.00894. The molecule has 5 heteroatoms. The number of likely N-dealkylation sites (tertiary alicyclic amines) is 1. The van der Waals surface area contributed by atoms with Crippen LogP contribution < -0.4 is 0 Å². The molecule has 1 spiro atoms. The van der Waals surface area contributed by atoms with Crippen LogP contribution in [0, 0.1) is 5.41 Å². The minimum Gasteiger partial charge on any atom is -0.337 e. The van der Waals surface area contributed by atoms with E-state index in [4.69, 9.17) is 0 Å². The first-order valence-corrected chi connectivity index (χ1v) is 7.48. The van der Waals surface area contributed by atoms with Gasteiger partial charge in [-0.3, -0.25) is 14.5 Å². The third-order valence-electron chi connectivity index (χ3n) is 4.68. The minimum absolute atomic E-state index is 0.00894. The molecule has 5 nitrogen and oxygen atoms in total. The quantitative estimate of drug-likeness (QED) is 0.790. The van der Waals surface area contributed by atoms with Crippen molar-refractivity contribution in [3.05, 3.63) is 18.7 Å². The van der Waals surface area contributed by atoms with E-state index in [0.29, 0.717) is 19.4 Å². The molecule has 0 atom stereocenters. The van der Waals surface area contributed by atoms with Gasteiger partial charge in [-0.1, -0.05) is 12.8 Å². The summed E-state index contributed by atoms with van der Waals surface area (Å²) in [7, 11) is 0. The second-order valence-corrected chi connectivity index (χ2v) is 6.15. The molecule has 1 aromatic heterocycles. The van der Waals surface area contributed by atoms with Crippen LogP contribution in [0.25, 0.3) is 0 Å². The number of amides is 2. The third kappa shape index (κ3) is 2.62. The lowest BCUT2D eigenvalue weighted by Crippen LogP contribution is -2.47. The Hall–Kier alpha value is -1.65. The van der Waals surface area contributed by atoms with Gasteiger partial charge in [0.1, 0.15) is 0 Å². The Labute approximate surface area is 119 Å². The number of imidazole rings is 1. The number of aryl methyl sites for hydroxylation is 1. The standard InChI is InChI=1S/C15H21N3O2/c19-13-10-15(4-1-2-5-15)11-14(20)18(13)8-3-7-17-9-6-16-12-17/h6,9,12H,1-5,7-8,10-11H2. The van der Waals surface area contributed by atoms with Gasteiger partial charge in [-0.15, -0.1) is 0 Å². The van der Waals surface area contributed by atoms with Crippen molar-refractivity contribution in [2.75, 3.05) is 6.54 Å². The molecule has 0 radical (unpaired) electrons. The molecule has 1 saturated carbocycles. The summed E-state index contributed by atoms with van der Waals surface area (Å²) in [6, 6.07) is 0. The highest BCUT2D eigenvalue weighted by Crippen LogP contribution is 2.46. The number of rotatable bonds is 4. The van der Waals surface area contributed by atoms with E-state index >= 15 is 0 Å². The summed E-state index contributed by atoms with van der Waals surface area (Å²) in [6.07, 6.45) is 11.8. The SMILES string of the molecule is O=C1CC2(CCCC2)CC(=O)N1CCCn1ccnc1. The van der Waals surface area contributed by atoms with E-state index in [9.17, 15) is 9.59 Å². The number of hydrogen-bond acceptors (Lipinski definition) is 3. The molecule has 3 rings (SSSR count). The second kappa shape index (κ2) is 5.38. The van der Waals surface area contributed by atoms with Crippen molar-refractivity contribution >= 4 is 11.8 Å². The highest BCUT2D eigenvalue weighted by atomic mass is 16.2. The number of aromatic nitrogens is 2. The van der Waals surface area contributed by atoms with Crippen molar-refractivity contribution in [1.29, 1.82) is 0 Å². The highest BCUT2D eigenvalue weighted by Gasteiger charge is 2.44. The molecule has 2 amide bonds. The van der Waals surface area contributed by atoms with Crippen molar-refractivity contribution < 1.29 is 9.59 Å². The predicted octanol–water partition coefficient (Wildman–Crippen LogP) is 1.98. The monoisotopic (exact) mass is 275 g/mol. The first-order valence-electron chi connectivity index (χ1n) is 7.48. The van der Waals surface area contributed by atoms with E-state index in [1.807, 2.05) is 10.8 Å². The zero-order chi connectivity index (χ0) is 14.0. The molecular weight excluding hydrogens is 254 g/mol. The molecule has 1 saturated heterocycles. The van der Waals surface area contributed by atoms with E-state index in [2.05, 4.69) is 4.98 Å². The van der Waals surface area contributed by atoms with E-state index in [1.165, 1.54) is 17.7 Å². The molecule has 2 aliphatic rings. The number of hydrogen-bond donors (Lipinski definition) is 0. The lowest BCUT2D eigenvalue weighted by molar-refractivity contribution is -0.153. The van der Waals surface area contributed by atoms with Crippen LogP contribution in [-0.2, 0) is 16.1 Å². The van der Waals surface area contributed by atoms with Crippen LogP contribution in [0.15, 0.2) is 18.7 Å². The van der Waals surface area contributed by atoms with E-state index < -0.39 is 0 Å². The van der Waals surface area contributed by atoms with Gasteiger partial charge in [0.05, 0.1) is 6.33 Å². The Balaban J connectivity index is 1.55. The smallest absolute Gasteiger partial charge is 0.229 e. The predicted molar refractivity (Wildman–Crippen MR) is 73.7 cm³/mol. The molecule has 1 aliphatic heterocycles. The van der Waals surface area contributed by atoms with E-state index in [1.54, 1.807) is 12.5 Å². The van der Waals surface area contributed by atoms with Crippen molar-refractivity contribution in [3.63, 3.8) is 0 Å². The molecule has 2 fully saturated rings. The van der Waals surface area contributed by atoms with Gasteiger partial charge < -0.3 is 4.57 Å². The molecule has 2 heterocycles. The Bertz CT molecular complexity index is 469. The fourth-order valence-corrected chi connectivity index (χ4v) is 3.59. The van der Waals surface area contributed by atoms with Gasteiger partial charge in [-0.05, 0) is 24.7 Å². The van der Waals surface area contributed by atoms with Gasteiger partial charge in [-0.2, -0.15) is 0 Å². The van der Waals surface area contributed by atoms with Crippen LogP contribution in [0.3, 0.4) is 0 Å². The summed E-state index contributed by atoms with van der Waals surface area (Å²) in [5.74, 6) is 0.0718. The van der Waals surface area contributed by atoms with Crippen molar-refractivity contribution in [3.8, 4) is 0 Å². The van der Waals surface area contributed by atoms with Gasteiger partial charge in [0.15, 0.2) is 0 Å². The zero-order valence-electron chi connectivity index (χ0n) is 11.8. The highest BCUT2D eigenvalue weighted by molar-refractivity contribution is 5.98. The van der Waals surface area contributed by atoms with Crippen LogP contribution in [0.4, 0.5) is 0 Å². The average molecular weight is 275 g/mol. The van der Waals surface area contributed by atoms with Crippen LogP contribution >= 0.6 is 0 Å². The number of imide groups is 1. The largest absolute Gasteiger partial charge is 0.337 e. The molecule has 1 aliphatic carbocycles. The fraction of sp³-hybridized carbons (Fsp3) is 0.667. The molecule has 0 bridgehead atoms. The summed E-state index contributed by atoms with van der Waals surface area (Å²) >= 11 is 0. The van der Waals surface area contributed by atoms with Gasteiger partial charge in [0.2, 0.25) is 11.8 Å². The van der Waals surface area contributed by atoms with E-state index in [-0.39, 0.29) is 17.2 Å². The molecule has 1 aromatic rings. The molecular formula is C15H21N3O2. The zero-order valence-corrected chi connectivity index (χ0v) is 11.8. The molecule has 0 unspecified atom stereocenters. The summed E-state index contributed by atoms with van der Waals surface area (Å²) in [5, 5.41) is 0. The lowest BCUT2D eigenvalue weighted by Gasteiger charge is -2.37. The number of carbonyl (C=O) groups is 2. The van der Waals surface area contributed by atoms with Crippen LogP contribution in [0.5, 0.6) is 0 Å². The van der Waals surface area contributed by atoms with Crippen LogP contribution in [-0.4, -0.2) is 32.8 Å². The Morgan fingerprint density at radius 3 is 2.40 bits per heavy atom. The molecule has 0 N–H and O–H groups in total. The Kier molecular flexibility index (Phi) is 3.59. The number of carbonyl (C=O) groups excluding carboxylic acids is 2. The Morgan fingerprint density at radius 1 is 1.10 bits per heavy atom. The normalized spacial score (nSPS) is 21.9. The lowest BCUT2D eigenvalue weighted by atomic mass is 9.76. The maximum absolute atomic E-state index is 12.2. The molecule has 20 heavy (non-hydrogen) atoms. The Morgan fingerprint density at radius 2 is 1.80 bits per heavy atom. The van der Waals surface area contributed by atoms with E-state index in [0.717, 1.165) is 25.8 Å². The second-order valence-electron chi connectivity index (χ2n) is 6.15. The number of nitrogens with zero attached hydrogens (tertiary/aromatic N) is 3. The van der Waals surface area contributed by atoms with Crippen LogP contribution in [0.2, 0.25) is 0 Å². The average Bonchev–Trinajstić information content (AvgIpc) is 3.05. The maximum atomic E-state index is 12.2. The maximum Gasteiger partial charge on any atom is 0.229 e. The molecule has 0 aromatic carbocycles. The first-order chi connectivity index (χ1) is 9.69. The van der Waals surface area contributed by atoms with Gasteiger partial charge >= 0.3 is 0 Å². The van der Waals surface area contributed by atoms with Crippen molar-refractivity contribution in [2.45, 2.75) is 51.5 Å². The molecule has 108 valence electrons. The first kappa shape index (κ1) is 13.3. The summed E-state index contributed by atoms with van der Waals surface area (Å²) in [5.41, 5.74) is 0.00894. The fourth-order valence-electron chi connectivity index (χ4n) is 3.59. The van der Waals surface area contributed by atoms with Crippen molar-refractivity contribution in [2.24, 2.45) is 5.41 Å². The number of piperidine rings is 1. The summed E-state index contributed by atoms with van der Waals surface area (Å²) in [4.78, 5) is 29.9. The van der Waals surface area contributed by atoms with Crippen LogP contribution in [0.1, 0.15) is 44.9 Å². The van der Waals surface area contributed by atoms with Gasteiger partial charge in [0, 0.05) is 38.3 Å². The van der Waals surface area contributed by atoms with Gasteiger partial charge in [-0.25, -0.2) is 4.98 Å². The van der Waals surface area contributed by atoms with Crippen molar-refractivity contribution in [1.82, 2.24) is 14.5 Å². The summed E-state index contributed by atoms with van der Waals surface area (Å²) < 4.78 is 1.97. The summed E-state index contributed by atoms with van der Waals surface area (Å²) in [6.45, 7) is 1.33.